The Kier molecular flexibility index (Phi) is 5.73. The fourth-order valence-corrected chi connectivity index (χ4v) is 2.85. The first-order valence-electron chi connectivity index (χ1n) is 9.35. The zero-order valence-corrected chi connectivity index (χ0v) is 16.5. The van der Waals surface area contributed by atoms with Crippen LogP contribution in [0.25, 0.3) is 5.65 Å². The maximum Gasteiger partial charge on any atom is 0.213 e. The van der Waals surface area contributed by atoms with E-state index in [0.717, 1.165) is 35.9 Å². The second-order valence-corrected chi connectivity index (χ2v) is 6.76. The van der Waals surface area contributed by atoms with Crippen molar-refractivity contribution in [3.8, 4) is 5.88 Å². The Hall–Kier alpha value is -2.90. The molecule has 0 saturated carbocycles. The van der Waals surface area contributed by atoms with Crippen LogP contribution in [0.2, 0.25) is 0 Å². The summed E-state index contributed by atoms with van der Waals surface area (Å²) in [5, 5.41) is 20.3. The number of anilines is 3. The highest BCUT2D eigenvalue weighted by atomic mass is 16.5. The number of nitrogens with zero attached hydrogens (tertiary/aromatic N) is 5. The Morgan fingerprint density at radius 2 is 1.93 bits per heavy atom. The van der Waals surface area contributed by atoms with Crippen molar-refractivity contribution < 1.29 is 4.74 Å². The molecule has 0 aliphatic rings. The molecular weight excluding hydrogens is 342 g/mol. The first kappa shape index (κ1) is 18.9. The van der Waals surface area contributed by atoms with Crippen LogP contribution in [-0.2, 0) is 0 Å². The first-order chi connectivity index (χ1) is 13.0. The number of hydrogen-bond donors (Lipinski definition) is 2. The molecule has 144 valence electrons. The smallest absolute Gasteiger partial charge is 0.213 e. The molecule has 3 aromatic rings. The normalized spacial score (nSPS) is 11.4. The summed E-state index contributed by atoms with van der Waals surface area (Å²) >= 11 is 0. The molecule has 0 aliphatic heterocycles. The summed E-state index contributed by atoms with van der Waals surface area (Å²) in [5.41, 5.74) is 2.35. The Bertz CT molecular complexity index is 885. The molecule has 0 bridgehead atoms. The lowest BCUT2D eigenvalue weighted by Gasteiger charge is -2.17. The molecule has 3 rings (SSSR count). The van der Waals surface area contributed by atoms with Gasteiger partial charge in [-0.3, -0.25) is 0 Å². The lowest BCUT2D eigenvalue weighted by atomic mass is 10.2. The van der Waals surface area contributed by atoms with Crippen LogP contribution in [0.5, 0.6) is 5.88 Å². The van der Waals surface area contributed by atoms with Gasteiger partial charge in [0.15, 0.2) is 5.82 Å². The van der Waals surface area contributed by atoms with E-state index in [2.05, 4.69) is 53.5 Å². The fourth-order valence-electron chi connectivity index (χ4n) is 2.85. The third-order valence-electron chi connectivity index (χ3n) is 4.47. The predicted molar refractivity (Wildman–Crippen MR) is 107 cm³/mol. The van der Waals surface area contributed by atoms with Gasteiger partial charge in [0.2, 0.25) is 11.5 Å². The van der Waals surface area contributed by atoms with E-state index in [-0.39, 0.29) is 5.92 Å². The van der Waals surface area contributed by atoms with E-state index in [1.165, 1.54) is 0 Å². The van der Waals surface area contributed by atoms with Gasteiger partial charge >= 0.3 is 0 Å². The summed E-state index contributed by atoms with van der Waals surface area (Å²) in [6.07, 6.45) is 3.78. The molecule has 8 nitrogen and oxygen atoms in total. The van der Waals surface area contributed by atoms with Crippen molar-refractivity contribution >= 4 is 22.8 Å². The zero-order valence-electron chi connectivity index (χ0n) is 16.5. The van der Waals surface area contributed by atoms with Crippen molar-refractivity contribution in [1.82, 2.24) is 24.8 Å². The average molecular weight is 369 g/mol. The number of rotatable bonds is 8. The van der Waals surface area contributed by atoms with Crippen LogP contribution in [0.15, 0.2) is 24.4 Å². The third-order valence-corrected chi connectivity index (χ3v) is 4.47. The minimum atomic E-state index is 0.214. The Balaban J connectivity index is 2.02. The van der Waals surface area contributed by atoms with Crippen LogP contribution >= 0.6 is 0 Å². The Labute approximate surface area is 159 Å². The highest BCUT2D eigenvalue weighted by molar-refractivity contribution is 5.75. The largest absolute Gasteiger partial charge is 0.481 e. The van der Waals surface area contributed by atoms with E-state index >= 15 is 0 Å². The second-order valence-electron chi connectivity index (χ2n) is 6.76. The van der Waals surface area contributed by atoms with E-state index in [0.29, 0.717) is 17.6 Å². The van der Waals surface area contributed by atoms with Crippen molar-refractivity contribution in [1.29, 1.82) is 0 Å². The number of pyridine rings is 1. The fraction of sp³-hybridized carbons (Fsp3) is 0.474. The van der Waals surface area contributed by atoms with E-state index in [1.807, 2.05) is 22.7 Å². The van der Waals surface area contributed by atoms with Gasteiger partial charge in [0.25, 0.3) is 0 Å². The summed E-state index contributed by atoms with van der Waals surface area (Å²) in [5.74, 6) is 2.41. The maximum atomic E-state index is 5.12. The van der Waals surface area contributed by atoms with E-state index in [4.69, 9.17) is 9.84 Å². The van der Waals surface area contributed by atoms with Crippen LogP contribution in [0, 0.1) is 0 Å². The van der Waals surface area contributed by atoms with Gasteiger partial charge in [0, 0.05) is 24.1 Å². The number of ether oxygens (including phenoxy) is 1. The molecule has 0 amide bonds. The van der Waals surface area contributed by atoms with Crippen LogP contribution < -0.4 is 15.4 Å². The molecule has 0 fully saturated rings. The van der Waals surface area contributed by atoms with Gasteiger partial charge in [-0.15, -0.1) is 15.3 Å². The van der Waals surface area contributed by atoms with Gasteiger partial charge < -0.3 is 15.4 Å². The molecule has 0 radical (unpaired) electrons. The molecule has 0 saturated heterocycles. The highest BCUT2D eigenvalue weighted by Crippen LogP contribution is 2.26. The average Bonchev–Trinajstić information content (AvgIpc) is 3.11. The van der Waals surface area contributed by atoms with Crippen molar-refractivity contribution in [3.05, 3.63) is 30.2 Å². The number of methoxy groups -OCH3 is 1. The predicted octanol–water partition coefficient (Wildman–Crippen LogP) is 4.00. The monoisotopic (exact) mass is 369 g/mol. The molecule has 8 heteroatoms. The topological polar surface area (TPSA) is 89.3 Å². The van der Waals surface area contributed by atoms with Gasteiger partial charge in [-0.1, -0.05) is 27.7 Å². The molecule has 0 aromatic carbocycles. The second kappa shape index (κ2) is 8.20. The number of aromatic nitrogens is 5. The van der Waals surface area contributed by atoms with Crippen molar-refractivity contribution in [2.45, 2.75) is 52.5 Å². The van der Waals surface area contributed by atoms with Crippen molar-refractivity contribution in [2.24, 2.45) is 0 Å². The summed E-state index contributed by atoms with van der Waals surface area (Å²) in [6, 6.07) is 6.06. The molecule has 3 heterocycles. The summed E-state index contributed by atoms with van der Waals surface area (Å²) in [6.45, 7) is 8.50. The Morgan fingerprint density at radius 3 is 2.52 bits per heavy atom. The van der Waals surface area contributed by atoms with Crippen LogP contribution in [-0.4, -0.2) is 37.9 Å². The quantitative estimate of drug-likeness (QED) is 0.620. The SMILES string of the molecule is CCC(CC)Nc1cc(Nc2ccc(OC)nc2)c2nnc(C(C)C)n2n1. The van der Waals surface area contributed by atoms with E-state index in [1.54, 1.807) is 13.3 Å². The van der Waals surface area contributed by atoms with Gasteiger partial charge in [0.05, 0.1) is 24.7 Å². The van der Waals surface area contributed by atoms with Crippen LogP contribution in [0.4, 0.5) is 17.2 Å². The number of nitrogens with one attached hydrogen (secondary N) is 2. The van der Waals surface area contributed by atoms with Gasteiger partial charge in [-0.2, -0.15) is 4.52 Å². The molecule has 2 N–H and O–H groups in total. The first-order valence-corrected chi connectivity index (χ1v) is 9.35. The third kappa shape index (κ3) is 4.10. The van der Waals surface area contributed by atoms with Gasteiger partial charge in [-0.25, -0.2) is 4.98 Å². The molecule has 27 heavy (non-hydrogen) atoms. The van der Waals surface area contributed by atoms with Gasteiger partial charge in [0.1, 0.15) is 5.82 Å². The maximum absolute atomic E-state index is 5.12. The molecule has 3 aromatic heterocycles. The van der Waals surface area contributed by atoms with Crippen molar-refractivity contribution in [3.63, 3.8) is 0 Å². The Morgan fingerprint density at radius 1 is 1.15 bits per heavy atom. The van der Waals surface area contributed by atoms with Crippen LogP contribution in [0.3, 0.4) is 0 Å². The molecule has 0 aliphatic carbocycles. The van der Waals surface area contributed by atoms with Crippen LogP contribution in [0.1, 0.15) is 52.3 Å². The number of hydrogen-bond acceptors (Lipinski definition) is 7. The molecular formula is C19H27N7O. The zero-order chi connectivity index (χ0) is 19.4. The summed E-state index contributed by atoms with van der Waals surface area (Å²) < 4.78 is 6.94. The molecule has 0 spiro atoms. The molecule has 0 unspecified atom stereocenters. The van der Waals surface area contributed by atoms with E-state index in [9.17, 15) is 0 Å². The summed E-state index contributed by atoms with van der Waals surface area (Å²) in [4.78, 5) is 4.25. The standard InChI is InChI=1S/C19H27N7O/c1-6-13(7-2)22-16-10-15(21-14-8-9-17(27-5)20-11-14)19-24-23-18(12(3)4)26(19)25-16/h8-13,21H,6-7H2,1-5H3,(H,22,25). The highest BCUT2D eigenvalue weighted by Gasteiger charge is 2.16. The van der Waals surface area contributed by atoms with Crippen molar-refractivity contribution in [2.75, 3.05) is 17.7 Å². The minimum absolute atomic E-state index is 0.214. The van der Waals surface area contributed by atoms with E-state index < -0.39 is 0 Å². The summed E-state index contributed by atoms with van der Waals surface area (Å²) in [7, 11) is 1.60. The minimum Gasteiger partial charge on any atom is -0.481 e. The lowest BCUT2D eigenvalue weighted by Crippen LogP contribution is -2.19. The molecule has 0 atom stereocenters. The lowest BCUT2D eigenvalue weighted by molar-refractivity contribution is 0.398. The number of fused-ring (bicyclic) bond motifs is 1. The van der Waals surface area contributed by atoms with Gasteiger partial charge in [-0.05, 0) is 18.9 Å².